The maximum atomic E-state index is 10.2. The van der Waals surface area contributed by atoms with Crippen LogP contribution in [0.2, 0.25) is 0 Å². The van der Waals surface area contributed by atoms with Crippen LogP contribution >= 0.6 is 0 Å². The fourth-order valence-electron chi connectivity index (χ4n) is 2.58. The Hall–Kier alpha value is -2.38. The van der Waals surface area contributed by atoms with Gasteiger partial charge in [-0.1, -0.05) is 5.92 Å². The highest BCUT2D eigenvalue weighted by Gasteiger charge is 2.54. The van der Waals surface area contributed by atoms with Gasteiger partial charge in [0.15, 0.2) is 11.8 Å². The van der Waals surface area contributed by atoms with Gasteiger partial charge in [-0.2, -0.15) is 9.97 Å². The second kappa shape index (κ2) is 4.82. The van der Waals surface area contributed by atoms with Crippen molar-refractivity contribution in [1.29, 1.82) is 0 Å². The summed E-state index contributed by atoms with van der Waals surface area (Å²) in [6.07, 6.45) is 3.01. The first-order valence-electron chi connectivity index (χ1n) is 6.45. The van der Waals surface area contributed by atoms with Crippen LogP contribution in [0.5, 0.6) is 0 Å². The van der Waals surface area contributed by atoms with Crippen LogP contribution in [0.1, 0.15) is 6.23 Å². The van der Waals surface area contributed by atoms with Crippen LogP contribution in [0.15, 0.2) is 12.3 Å². The fourth-order valence-corrected chi connectivity index (χ4v) is 2.58. The van der Waals surface area contributed by atoms with Crippen molar-refractivity contribution in [2.45, 2.75) is 24.0 Å². The summed E-state index contributed by atoms with van der Waals surface area (Å²) in [6, 6.07) is 1.63. The highest BCUT2D eigenvalue weighted by Crippen LogP contribution is 2.38. The van der Waals surface area contributed by atoms with Gasteiger partial charge in [-0.05, 0) is 6.07 Å². The lowest BCUT2D eigenvalue weighted by molar-refractivity contribution is -0.0909. The number of nitrogen functional groups attached to an aromatic ring is 2. The highest BCUT2D eigenvalue weighted by atomic mass is 16.6. The standard InChI is InChI=1S/C13H15N5O4/c1-2-13(5-19)8(21)7(20)11(22-13)18-4-3-6-9(14)16-12(15)17-10(6)18/h1,3-4,7-8,11,19-21H,5H2,(H4,14,15,16,17)/t7?,8-,11-,13-/m1/s1. The molecule has 1 saturated heterocycles. The van der Waals surface area contributed by atoms with Gasteiger partial charge in [-0.3, -0.25) is 0 Å². The maximum Gasteiger partial charge on any atom is 0.223 e. The van der Waals surface area contributed by atoms with E-state index in [-0.39, 0.29) is 11.8 Å². The van der Waals surface area contributed by atoms with Crippen molar-refractivity contribution in [1.82, 2.24) is 14.5 Å². The molecule has 1 aliphatic rings. The van der Waals surface area contributed by atoms with E-state index in [1.807, 2.05) is 0 Å². The normalized spacial score (nSPS) is 31.5. The third kappa shape index (κ3) is 1.83. The van der Waals surface area contributed by atoms with Crippen molar-refractivity contribution < 1.29 is 20.1 Å². The average Bonchev–Trinajstić information content (AvgIpc) is 3.01. The van der Waals surface area contributed by atoms with E-state index in [1.165, 1.54) is 4.57 Å². The predicted molar refractivity (Wildman–Crippen MR) is 77.1 cm³/mol. The Kier molecular flexibility index (Phi) is 3.19. The minimum atomic E-state index is -1.69. The van der Waals surface area contributed by atoms with Gasteiger partial charge in [0.25, 0.3) is 0 Å². The molecule has 3 heterocycles. The second-order valence-electron chi connectivity index (χ2n) is 5.06. The van der Waals surface area contributed by atoms with Gasteiger partial charge in [-0.25, -0.2) is 0 Å². The Balaban J connectivity index is 2.11. The van der Waals surface area contributed by atoms with E-state index in [0.717, 1.165) is 0 Å². The lowest BCUT2D eigenvalue weighted by Gasteiger charge is -2.23. The monoisotopic (exact) mass is 305 g/mol. The molecule has 0 saturated carbocycles. The van der Waals surface area contributed by atoms with Gasteiger partial charge < -0.3 is 36.1 Å². The van der Waals surface area contributed by atoms with Crippen LogP contribution in [0.4, 0.5) is 11.8 Å². The number of nitrogens with zero attached hydrogens (tertiary/aromatic N) is 3. The molecule has 2 aromatic rings. The van der Waals surface area contributed by atoms with Crippen LogP contribution in [-0.4, -0.2) is 54.3 Å². The molecular weight excluding hydrogens is 290 g/mol. The molecule has 22 heavy (non-hydrogen) atoms. The van der Waals surface area contributed by atoms with Crippen LogP contribution in [0.3, 0.4) is 0 Å². The zero-order valence-electron chi connectivity index (χ0n) is 11.4. The van der Waals surface area contributed by atoms with Gasteiger partial charge >= 0.3 is 0 Å². The summed E-state index contributed by atoms with van der Waals surface area (Å²) in [7, 11) is 0. The lowest BCUT2D eigenvalue weighted by Crippen LogP contribution is -2.44. The summed E-state index contributed by atoms with van der Waals surface area (Å²) in [5, 5.41) is 30.2. The Morgan fingerprint density at radius 3 is 2.73 bits per heavy atom. The van der Waals surface area contributed by atoms with E-state index < -0.39 is 30.6 Å². The van der Waals surface area contributed by atoms with E-state index >= 15 is 0 Å². The topological polar surface area (TPSA) is 153 Å². The number of aromatic nitrogens is 3. The van der Waals surface area contributed by atoms with Crippen molar-refractivity contribution in [3.05, 3.63) is 12.3 Å². The van der Waals surface area contributed by atoms with Crippen LogP contribution in [0, 0.1) is 12.3 Å². The lowest BCUT2D eigenvalue weighted by atomic mass is 9.97. The molecule has 0 radical (unpaired) electrons. The number of fused-ring (bicyclic) bond motifs is 1. The molecule has 0 bridgehead atoms. The largest absolute Gasteiger partial charge is 0.392 e. The number of rotatable bonds is 2. The van der Waals surface area contributed by atoms with Crippen molar-refractivity contribution in [3.8, 4) is 12.3 Å². The third-order valence-corrected chi connectivity index (χ3v) is 3.80. The van der Waals surface area contributed by atoms with Crippen LogP contribution < -0.4 is 11.5 Å². The molecule has 1 aliphatic heterocycles. The van der Waals surface area contributed by atoms with E-state index in [0.29, 0.717) is 11.0 Å². The Bertz CT molecular complexity index is 770. The first kappa shape index (κ1) is 14.6. The fraction of sp³-hybridized carbons (Fsp3) is 0.385. The minimum Gasteiger partial charge on any atom is -0.392 e. The quantitative estimate of drug-likeness (QED) is 0.408. The second-order valence-corrected chi connectivity index (χ2v) is 5.06. The SMILES string of the molecule is C#C[C@]1(CO)O[C@@H](n2ccc3c(N)nc(N)nc32)C(O)[C@H]1O. The van der Waals surface area contributed by atoms with E-state index in [1.54, 1.807) is 12.3 Å². The summed E-state index contributed by atoms with van der Waals surface area (Å²) in [6.45, 7) is -0.642. The molecule has 4 atom stereocenters. The number of hydrogen-bond donors (Lipinski definition) is 5. The summed E-state index contributed by atoms with van der Waals surface area (Å²) >= 11 is 0. The number of aliphatic hydroxyl groups excluding tert-OH is 3. The number of aliphatic hydroxyl groups is 3. The molecule has 3 rings (SSSR count). The Labute approximate surface area is 125 Å². The average molecular weight is 305 g/mol. The summed E-state index contributed by atoms with van der Waals surface area (Å²) in [4.78, 5) is 7.91. The molecule has 9 heteroatoms. The summed E-state index contributed by atoms with van der Waals surface area (Å²) < 4.78 is 6.98. The predicted octanol–water partition coefficient (Wildman–Crippen LogP) is -1.79. The molecular formula is C13H15N5O4. The molecule has 1 fully saturated rings. The van der Waals surface area contributed by atoms with Crippen molar-refractivity contribution in [2.75, 3.05) is 18.1 Å². The van der Waals surface area contributed by atoms with Crippen LogP contribution in [-0.2, 0) is 4.74 Å². The number of terminal acetylenes is 1. The summed E-state index contributed by atoms with van der Waals surface area (Å²) in [5.41, 5.74) is 9.98. The molecule has 9 nitrogen and oxygen atoms in total. The third-order valence-electron chi connectivity index (χ3n) is 3.80. The molecule has 0 aromatic carbocycles. The first-order valence-corrected chi connectivity index (χ1v) is 6.45. The highest BCUT2D eigenvalue weighted by molar-refractivity contribution is 5.87. The van der Waals surface area contributed by atoms with Gasteiger partial charge in [0.05, 0.1) is 12.0 Å². The van der Waals surface area contributed by atoms with Gasteiger partial charge in [0.2, 0.25) is 5.95 Å². The van der Waals surface area contributed by atoms with Crippen molar-refractivity contribution in [3.63, 3.8) is 0 Å². The molecule has 0 amide bonds. The van der Waals surface area contributed by atoms with Gasteiger partial charge in [-0.15, -0.1) is 6.42 Å². The van der Waals surface area contributed by atoms with Crippen LogP contribution in [0.25, 0.3) is 11.0 Å². The number of nitrogens with two attached hydrogens (primary N) is 2. The first-order chi connectivity index (χ1) is 10.4. The molecule has 2 aromatic heterocycles. The van der Waals surface area contributed by atoms with E-state index in [9.17, 15) is 15.3 Å². The maximum absolute atomic E-state index is 10.2. The van der Waals surface area contributed by atoms with E-state index in [4.69, 9.17) is 22.6 Å². The molecule has 0 spiro atoms. The van der Waals surface area contributed by atoms with Gasteiger partial charge in [0.1, 0.15) is 23.7 Å². The molecule has 7 N–H and O–H groups in total. The number of anilines is 2. The number of hydrogen-bond acceptors (Lipinski definition) is 8. The van der Waals surface area contributed by atoms with E-state index in [2.05, 4.69) is 15.9 Å². The Morgan fingerprint density at radius 2 is 2.14 bits per heavy atom. The zero-order chi connectivity index (χ0) is 16.1. The van der Waals surface area contributed by atoms with Crippen molar-refractivity contribution >= 4 is 22.8 Å². The van der Waals surface area contributed by atoms with Gasteiger partial charge in [0, 0.05) is 6.20 Å². The smallest absolute Gasteiger partial charge is 0.223 e. The minimum absolute atomic E-state index is 0.0386. The molecule has 1 unspecified atom stereocenters. The number of ether oxygens (including phenoxy) is 1. The van der Waals surface area contributed by atoms with Crippen molar-refractivity contribution in [2.24, 2.45) is 0 Å². The Morgan fingerprint density at radius 1 is 1.41 bits per heavy atom. The molecule has 116 valence electrons. The summed E-state index contributed by atoms with van der Waals surface area (Å²) in [5.74, 6) is 2.33. The zero-order valence-corrected chi connectivity index (χ0v) is 11.4. The molecule has 0 aliphatic carbocycles.